The monoisotopic (exact) mass is 463 g/mol. The van der Waals surface area contributed by atoms with Gasteiger partial charge in [0, 0.05) is 22.7 Å². The molecule has 1 aromatic heterocycles. The molecule has 0 unspecified atom stereocenters. The number of urea groups is 2. The number of hydrazine groups is 1. The SMILES string of the molecule is Cc1ccc(NC(=O)NN(C(=O)NC2CCCCC2)c2nc(-c3ccc(C)cc3)cs2)cc1. The molecule has 4 amide bonds. The lowest BCUT2D eigenvalue weighted by atomic mass is 9.96. The maximum absolute atomic E-state index is 13.2. The third-order valence-corrected chi connectivity index (χ3v) is 6.52. The maximum Gasteiger partial charge on any atom is 0.343 e. The zero-order valence-electron chi connectivity index (χ0n) is 18.9. The lowest BCUT2D eigenvalue weighted by Crippen LogP contribution is -2.54. The van der Waals surface area contributed by atoms with Crippen LogP contribution < -0.4 is 21.1 Å². The first-order chi connectivity index (χ1) is 16.0. The molecule has 1 saturated carbocycles. The number of benzene rings is 2. The Kier molecular flexibility index (Phi) is 7.24. The molecule has 8 heteroatoms. The predicted octanol–water partition coefficient (Wildman–Crippen LogP) is 6.01. The summed E-state index contributed by atoms with van der Waals surface area (Å²) in [7, 11) is 0. The van der Waals surface area contributed by atoms with Crippen molar-refractivity contribution in [2.45, 2.75) is 52.0 Å². The summed E-state index contributed by atoms with van der Waals surface area (Å²) in [6.45, 7) is 4.01. The average Bonchev–Trinajstić information content (AvgIpc) is 3.30. The van der Waals surface area contributed by atoms with Crippen molar-refractivity contribution in [1.82, 2.24) is 15.7 Å². The molecule has 7 nitrogen and oxygen atoms in total. The molecular weight excluding hydrogens is 434 g/mol. The van der Waals surface area contributed by atoms with Crippen molar-refractivity contribution in [2.75, 3.05) is 10.3 Å². The smallest absolute Gasteiger partial charge is 0.333 e. The van der Waals surface area contributed by atoms with Crippen LogP contribution in [-0.4, -0.2) is 23.1 Å². The van der Waals surface area contributed by atoms with Gasteiger partial charge in [-0.3, -0.25) is 0 Å². The molecule has 172 valence electrons. The van der Waals surface area contributed by atoms with Gasteiger partial charge in [0.15, 0.2) is 0 Å². The van der Waals surface area contributed by atoms with Crippen LogP contribution in [0.25, 0.3) is 11.3 Å². The Balaban J connectivity index is 1.52. The number of hydrogen-bond donors (Lipinski definition) is 3. The Morgan fingerprint density at radius 3 is 2.24 bits per heavy atom. The molecule has 0 spiro atoms. The Morgan fingerprint density at radius 2 is 1.58 bits per heavy atom. The van der Waals surface area contributed by atoms with Crippen molar-refractivity contribution >= 4 is 34.2 Å². The molecule has 0 atom stereocenters. The van der Waals surface area contributed by atoms with E-state index in [1.165, 1.54) is 22.8 Å². The van der Waals surface area contributed by atoms with Gasteiger partial charge in [0.05, 0.1) is 5.69 Å². The van der Waals surface area contributed by atoms with E-state index < -0.39 is 6.03 Å². The van der Waals surface area contributed by atoms with Crippen LogP contribution in [0.3, 0.4) is 0 Å². The van der Waals surface area contributed by atoms with Gasteiger partial charge in [-0.05, 0) is 38.8 Å². The molecule has 1 fully saturated rings. The quantitative estimate of drug-likeness (QED) is 0.414. The van der Waals surface area contributed by atoms with Crippen LogP contribution in [0, 0.1) is 13.8 Å². The molecule has 1 aliphatic rings. The lowest BCUT2D eigenvalue weighted by molar-refractivity contribution is 0.231. The number of amides is 4. The van der Waals surface area contributed by atoms with Gasteiger partial charge in [-0.2, -0.15) is 5.01 Å². The third-order valence-electron chi connectivity index (χ3n) is 5.69. The molecule has 1 heterocycles. The summed E-state index contributed by atoms with van der Waals surface area (Å²) in [5, 5.41) is 9.34. The summed E-state index contributed by atoms with van der Waals surface area (Å²) in [4.78, 5) is 30.5. The van der Waals surface area contributed by atoms with Gasteiger partial charge in [-0.1, -0.05) is 66.8 Å². The van der Waals surface area contributed by atoms with Crippen molar-refractivity contribution < 1.29 is 9.59 Å². The van der Waals surface area contributed by atoms with Gasteiger partial charge in [-0.15, -0.1) is 11.3 Å². The van der Waals surface area contributed by atoms with Crippen LogP contribution in [0.15, 0.2) is 53.9 Å². The molecular formula is C25H29N5O2S. The number of nitrogens with zero attached hydrogens (tertiary/aromatic N) is 2. The Hall–Kier alpha value is -3.39. The number of carbonyl (C=O) groups is 2. The topological polar surface area (TPSA) is 86.4 Å². The van der Waals surface area contributed by atoms with Crippen LogP contribution in [0.2, 0.25) is 0 Å². The fraction of sp³-hybridized carbons (Fsp3) is 0.320. The number of hydrogen-bond acceptors (Lipinski definition) is 4. The molecule has 0 radical (unpaired) electrons. The molecule has 0 saturated heterocycles. The Morgan fingerprint density at radius 1 is 0.939 bits per heavy atom. The van der Waals surface area contributed by atoms with Gasteiger partial charge >= 0.3 is 12.1 Å². The molecule has 2 aromatic carbocycles. The molecule has 0 aliphatic heterocycles. The van der Waals surface area contributed by atoms with Gasteiger partial charge in [0.2, 0.25) is 5.13 Å². The molecule has 3 aromatic rings. The van der Waals surface area contributed by atoms with Gasteiger partial charge < -0.3 is 10.6 Å². The van der Waals surface area contributed by atoms with E-state index in [0.717, 1.165) is 48.1 Å². The van der Waals surface area contributed by atoms with E-state index in [9.17, 15) is 9.59 Å². The normalized spacial score (nSPS) is 13.9. The Labute approximate surface area is 198 Å². The molecule has 0 bridgehead atoms. The summed E-state index contributed by atoms with van der Waals surface area (Å²) in [5.74, 6) is 0. The Bertz CT molecular complexity index is 1090. The number of anilines is 2. The number of rotatable bonds is 4. The highest BCUT2D eigenvalue weighted by Crippen LogP contribution is 2.27. The molecule has 3 N–H and O–H groups in total. The number of nitrogens with one attached hydrogen (secondary N) is 3. The summed E-state index contributed by atoms with van der Waals surface area (Å²) >= 11 is 1.31. The van der Waals surface area contributed by atoms with E-state index in [-0.39, 0.29) is 12.1 Å². The maximum atomic E-state index is 13.2. The van der Waals surface area contributed by atoms with Crippen molar-refractivity contribution in [2.24, 2.45) is 0 Å². The first-order valence-electron chi connectivity index (χ1n) is 11.3. The zero-order chi connectivity index (χ0) is 23.2. The van der Waals surface area contributed by atoms with Crippen LogP contribution in [0.1, 0.15) is 43.2 Å². The van der Waals surface area contributed by atoms with E-state index in [2.05, 4.69) is 21.0 Å². The standard InChI is InChI=1S/C25H29N5O2S/c1-17-8-12-19(13-9-17)22-16-33-25(28-22)30(24(32)27-20-6-4-3-5-7-20)29-23(31)26-21-14-10-18(2)11-15-21/h8-16,20H,3-7H2,1-2H3,(H,27,32)(H2,26,29,31). The zero-order valence-corrected chi connectivity index (χ0v) is 19.7. The van der Waals surface area contributed by atoms with E-state index in [1.54, 1.807) is 0 Å². The minimum Gasteiger partial charge on any atom is -0.333 e. The highest BCUT2D eigenvalue weighted by molar-refractivity contribution is 7.14. The molecule has 1 aliphatic carbocycles. The van der Waals surface area contributed by atoms with Gasteiger partial charge in [-0.25, -0.2) is 20.0 Å². The second-order valence-corrected chi connectivity index (χ2v) is 9.27. The lowest BCUT2D eigenvalue weighted by Gasteiger charge is -2.27. The molecule has 33 heavy (non-hydrogen) atoms. The second-order valence-electron chi connectivity index (χ2n) is 8.43. The fourth-order valence-electron chi connectivity index (χ4n) is 3.79. The fourth-order valence-corrected chi connectivity index (χ4v) is 4.58. The third kappa shape index (κ3) is 6.10. The number of thiazole rings is 1. The minimum atomic E-state index is -0.510. The van der Waals surface area contributed by atoms with Crippen LogP contribution in [0.5, 0.6) is 0 Å². The van der Waals surface area contributed by atoms with E-state index >= 15 is 0 Å². The van der Waals surface area contributed by atoms with E-state index in [1.807, 2.05) is 67.8 Å². The average molecular weight is 464 g/mol. The van der Waals surface area contributed by atoms with Crippen molar-refractivity contribution in [3.05, 3.63) is 65.0 Å². The first-order valence-corrected chi connectivity index (χ1v) is 12.1. The highest BCUT2D eigenvalue weighted by Gasteiger charge is 2.25. The van der Waals surface area contributed by atoms with Crippen molar-refractivity contribution in [1.29, 1.82) is 0 Å². The minimum absolute atomic E-state index is 0.104. The van der Waals surface area contributed by atoms with Gasteiger partial charge in [0.1, 0.15) is 0 Å². The highest BCUT2D eigenvalue weighted by atomic mass is 32.1. The summed E-state index contributed by atoms with van der Waals surface area (Å²) in [6, 6.07) is 14.7. The first kappa shape index (κ1) is 22.8. The van der Waals surface area contributed by atoms with Gasteiger partial charge in [0.25, 0.3) is 0 Å². The summed E-state index contributed by atoms with van der Waals surface area (Å²) in [5.41, 5.74) is 7.30. The van der Waals surface area contributed by atoms with Crippen LogP contribution in [0.4, 0.5) is 20.4 Å². The van der Waals surface area contributed by atoms with Crippen LogP contribution in [-0.2, 0) is 0 Å². The predicted molar refractivity (Wildman–Crippen MR) is 134 cm³/mol. The van der Waals surface area contributed by atoms with E-state index in [0.29, 0.717) is 10.8 Å². The summed E-state index contributed by atoms with van der Waals surface area (Å²) < 4.78 is 0. The van der Waals surface area contributed by atoms with Crippen molar-refractivity contribution in [3.8, 4) is 11.3 Å². The van der Waals surface area contributed by atoms with Crippen molar-refractivity contribution in [3.63, 3.8) is 0 Å². The van der Waals surface area contributed by atoms with E-state index in [4.69, 9.17) is 0 Å². The second kappa shape index (κ2) is 10.5. The summed E-state index contributed by atoms with van der Waals surface area (Å²) in [6.07, 6.45) is 5.28. The number of aromatic nitrogens is 1. The number of carbonyl (C=O) groups excluding carboxylic acids is 2. The largest absolute Gasteiger partial charge is 0.343 e. The van der Waals surface area contributed by atoms with Crippen LogP contribution >= 0.6 is 11.3 Å². The number of aryl methyl sites for hydroxylation is 2. The molecule has 4 rings (SSSR count).